The number of carbonyl (C=O) groups excluding carboxylic acids is 1. The maximum atomic E-state index is 11.0. The Morgan fingerprint density at radius 1 is 1.43 bits per heavy atom. The Bertz CT molecular complexity index is 442. The minimum absolute atomic E-state index is 0.269. The third kappa shape index (κ3) is 6.87. The number of carbonyl (C=O) groups is 2. The van der Waals surface area contributed by atoms with Crippen molar-refractivity contribution in [1.82, 2.24) is 5.32 Å². The van der Waals surface area contributed by atoms with Gasteiger partial charge in [0.05, 0.1) is 0 Å². The molecule has 0 spiro atoms. The lowest BCUT2D eigenvalue weighted by molar-refractivity contribution is -0.146. The van der Waals surface area contributed by atoms with Gasteiger partial charge in [0.15, 0.2) is 0 Å². The topological polar surface area (TPSA) is 102 Å². The first kappa shape index (κ1) is 17.1. The van der Waals surface area contributed by atoms with E-state index < -0.39 is 12.0 Å². The third-order valence-electron chi connectivity index (χ3n) is 2.95. The lowest BCUT2D eigenvalue weighted by Crippen LogP contribution is -2.29. The maximum absolute atomic E-state index is 11.0. The van der Waals surface area contributed by atoms with Crippen LogP contribution in [0.25, 0.3) is 0 Å². The van der Waals surface area contributed by atoms with Crippen molar-refractivity contribution in [2.75, 3.05) is 6.54 Å². The maximum Gasteiger partial charge on any atom is 0.322 e. The first-order chi connectivity index (χ1) is 10.0. The Morgan fingerprint density at radius 3 is 2.52 bits per heavy atom. The Kier molecular flexibility index (Phi) is 7.42. The van der Waals surface area contributed by atoms with E-state index in [-0.39, 0.29) is 12.0 Å². The summed E-state index contributed by atoms with van der Waals surface area (Å²) in [6.45, 7) is 2.76. The van der Waals surface area contributed by atoms with Crippen LogP contribution in [0.5, 0.6) is 0 Å². The van der Waals surface area contributed by atoms with Gasteiger partial charge in [-0.15, -0.1) is 0 Å². The molecule has 0 aliphatic carbocycles. The smallest absolute Gasteiger partial charge is 0.322 e. The van der Waals surface area contributed by atoms with E-state index in [9.17, 15) is 9.59 Å². The average Bonchev–Trinajstić information content (AvgIpc) is 3.01. The van der Waals surface area contributed by atoms with Crippen molar-refractivity contribution in [1.29, 1.82) is 0 Å². The van der Waals surface area contributed by atoms with Crippen LogP contribution >= 0.6 is 0 Å². The van der Waals surface area contributed by atoms with E-state index in [1.165, 1.54) is 0 Å². The number of aliphatic carboxylic acids is 1. The Hall–Kier alpha value is -1.92. The molecule has 1 aromatic rings. The van der Waals surface area contributed by atoms with Crippen LogP contribution < -0.4 is 11.1 Å². The Balaban J connectivity index is 0.000000235. The fourth-order valence-corrected chi connectivity index (χ4v) is 1.76. The highest BCUT2D eigenvalue weighted by Crippen LogP contribution is 2.03. The van der Waals surface area contributed by atoms with Crippen molar-refractivity contribution in [3.05, 3.63) is 35.9 Å². The predicted octanol–water partition coefficient (Wildman–Crippen LogP) is 0.900. The Morgan fingerprint density at radius 2 is 2.10 bits per heavy atom. The molecule has 2 atom stereocenters. The van der Waals surface area contributed by atoms with E-state index in [1.54, 1.807) is 6.92 Å². The molecule has 4 N–H and O–H groups in total. The van der Waals surface area contributed by atoms with Gasteiger partial charge in [-0.05, 0) is 31.9 Å². The van der Waals surface area contributed by atoms with Gasteiger partial charge >= 0.3 is 11.9 Å². The van der Waals surface area contributed by atoms with Crippen LogP contribution in [0, 0.1) is 0 Å². The standard InChI is InChI=1S/C10H13NO2.C5H9NO2/c1-8(11)10(12)13-7-9-5-3-2-4-6-9;7-5(8)4-2-1-3-6-4/h2-6,8H,7,11H2,1H3;4,6H,1-3H2,(H,7,8)/t8-;4-/m00/s1. The molecular formula is C15H22N2O4. The zero-order valence-corrected chi connectivity index (χ0v) is 12.1. The molecule has 0 amide bonds. The zero-order chi connectivity index (χ0) is 15.7. The molecule has 1 aliphatic heterocycles. The molecule has 6 nitrogen and oxygen atoms in total. The van der Waals surface area contributed by atoms with Crippen LogP contribution in [0.3, 0.4) is 0 Å². The number of ether oxygens (including phenoxy) is 1. The molecular weight excluding hydrogens is 272 g/mol. The van der Waals surface area contributed by atoms with Crippen molar-refractivity contribution >= 4 is 11.9 Å². The van der Waals surface area contributed by atoms with Gasteiger partial charge in [-0.1, -0.05) is 30.3 Å². The molecule has 1 aliphatic rings. The molecule has 116 valence electrons. The fourth-order valence-electron chi connectivity index (χ4n) is 1.76. The number of nitrogens with two attached hydrogens (primary N) is 1. The van der Waals surface area contributed by atoms with Crippen LogP contribution in [0.2, 0.25) is 0 Å². The first-order valence-corrected chi connectivity index (χ1v) is 6.93. The number of rotatable bonds is 4. The molecule has 6 heteroatoms. The second-order valence-corrected chi connectivity index (χ2v) is 4.87. The molecule has 0 aromatic heterocycles. The van der Waals surface area contributed by atoms with E-state index in [4.69, 9.17) is 15.6 Å². The molecule has 0 saturated carbocycles. The van der Waals surface area contributed by atoms with Crippen molar-refractivity contribution in [2.24, 2.45) is 5.73 Å². The van der Waals surface area contributed by atoms with E-state index >= 15 is 0 Å². The lowest BCUT2D eigenvalue weighted by atomic mass is 10.2. The average molecular weight is 294 g/mol. The lowest BCUT2D eigenvalue weighted by Gasteiger charge is -2.06. The summed E-state index contributed by atoms with van der Waals surface area (Å²) in [5.74, 6) is -1.09. The van der Waals surface area contributed by atoms with Crippen molar-refractivity contribution in [3.8, 4) is 0 Å². The minimum Gasteiger partial charge on any atom is -0.480 e. The molecule has 21 heavy (non-hydrogen) atoms. The first-order valence-electron chi connectivity index (χ1n) is 6.93. The molecule has 1 fully saturated rings. The van der Waals surface area contributed by atoms with Crippen molar-refractivity contribution in [2.45, 2.75) is 38.5 Å². The minimum atomic E-state index is -0.720. The fraction of sp³-hybridized carbons (Fsp3) is 0.467. The molecule has 1 saturated heterocycles. The zero-order valence-electron chi connectivity index (χ0n) is 12.1. The van der Waals surface area contributed by atoms with Crippen LogP contribution in [-0.4, -0.2) is 35.7 Å². The van der Waals surface area contributed by atoms with Crippen molar-refractivity contribution < 1.29 is 19.4 Å². The van der Waals surface area contributed by atoms with E-state index in [1.807, 2.05) is 30.3 Å². The quantitative estimate of drug-likeness (QED) is 0.713. The summed E-state index contributed by atoms with van der Waals surface area (Å²) in [5.41, 5.74) is 6.29. The largest absolute Gasteiger partial charge is 0.480 e. The van der Waals surface area contributed by atoms with E-state index in [0.717, 1.165) is 24.9 Å². The highest BCUT2D eigenvalue weighted by molar-refractivity contribution is 5.74. The third-order valence-corrected chi connectivity index (χ3v) is 2.95. The number of carboxylic acids is 1. The van der Waals surface area contributed by atoms with Gasteiger partial charge < -0.3 is 20.9 Å². The van der Waals surface area contributed by atoms with Crippen LogP contribution in [0.15, 0.2) is 30.3 Å². The second kappa shape index (κ2) is 9.10. The predicted molar refractivity (Wildman–Crippen MR) is 78.5 cm³/mol. The highest BCUT2D eigenvalue weighted by atomic mass is 16.5. The number of hydrogen-bond donors (Lipinski definition) is 3. The van der Waals surface area contributed by atoms with Crippen LogP contribution in [0.4, 0.5) is 0 Å². The monoisotopic (exact) mass is 294 g/mol. The second-order valence-electron chi connectivity index (χ2n) is 4.87. The van der Waals surface area contributed by atoms with Gasteiger partial charge in [-0.3, -0.25) is 9.59 Å². The molecule has 2 rings (SSSR count). The normalized spacial score (nSPS) is 18.3. The summed E-state index contributed by atoms with van der Waals surface area (Å²) in [6.07, 6.45) is 1.78. The van der Waals surface area contributed by atoms with E-state index in [2.05, 4.69) is 5.32 Å². The van der Waals surface area contributed by atoms with Crippen LogP contribution in [0.1, 0.15) is 25.3 Å². The number of carboxylic acid groups (broad SMARTS) is 1. The molecule has 1 heterocycles. The summed E-state index contributed by atoms with van der Waals surface area (Å²) < 4.78 is 4.93. The number of benzene rings is 1. The summed E-state index contributed by atoms with van der Waals surface area (Å²) in [6, 6.07) is 8.68. The summed E-state index contributed by atoms with van der Waals surface area (Å²) in [7, 11) is 0. The van der Waals surface area contributed by atoms with Gasteiger partial charge in [-0.25, -0.2) is 0 Å². The molecule has 0 bridgehead atoms. The SMILES string of the molecule is C[C@H](N)C(=O)OCc1ccccc1.O=C(O)[C@@H]1CCCN1. The molecule has 0 unspecified atom stereocenters. The van der Waals surface area contributed by atoms with Gasteiger partial charge in [-0.2, -0.15) is 0 Å². The molecule has 0 radical (unpaired) electrons. The summed E-state index contributed by atoms with van der Waals surface area (Å²) >= 11 is 0. The van der Waals surface area contributed by atoms with Gasteiger partial charge in [0, 0.05) is 0 Å². The van der Waals surface area contributed by atoms with Crippen LogP contribution in [-0.2, 0) is 20.9 Å². The van der Waals surface area contributed by atoms with Crippen molar-refractivity contribution in [3.63, 3.8) is 0 Å². The van der Waals surface area contributed by atoms with Gasteiger partial charge in [0.25, 0.3) is 0 Å². The number of nitrogens with one attached hydrogen (secondary N) is 1. The van der Waals surface area contributed by atoms with E-state index in [0.29, 0.717) is 6.61 Å². The van der Waals surface area contributed by atoms with Gasteiger partial charge in [0.2, 0.25) is 0 Å². The highest BCUT2D eigenvalue weighted by Gasteiger charge is 2.20. The number of hydrogen-bond acceptors (Lipinski definition) is 5. The number of esters is 1. The van der Waals surface area contributed by atoms with Gasteiger partial charge in [0.1, 0.15) is 18.7 Å². The molecule has 1 aromatic carbocycles. The summed E-state index contributed by atoms with van der Waals surface area (Å²) in [4.78, 5) is 21.1. The summed E-state index contributed by atoms with van der Waals surface area (Å²) in [5, 5.41) is 11.2. The Labute approximate surface area is 124 Å².